The molecule has 2 amide bonds. The Morgan fingerprint density at radius 3 is 2.67 bits per heavy atom. The van der Waals surface area contributed by atoms with Gasteiger partial charge in [0.15, 0.2) is 6.61 Å². The van der Waals surface area contributed by atoms with Crippen LogP contribution in [0.15, 0.2) is 29.3 Å². The van der Waals surface area contributed by atoms with E-state index in [2.05, 4.69) is 11.1 Å². The summed E-state index contributed by atoms with van der Waals surface area (Å²) in [6.45, 7) is 1.60. The van der Waals surface area contributed by atoms with Crippen LogP contribution in [-0.4, -0.2) is 67.0 Å². The number of carbonyl (C=O) groups excluding carboxylic acids is 2. The third-order valence-corrected chi connectivity index (χ3v) is 7.50. The molecule has 5 aliphatic rings. The highest BCUT2D eigenvalue weighted by molar-refractivity contribution is 6.02. The van der Waals surface area contributed by atoms with E-state index in [0.29, 0.717) is 32.1 Å². The van der Waals surface area contributed by atoms with E-state index < -0.39 is 6.10 Å². The van der Waals surface area contributed by atoms with Crippen LogP contribution in [0, 0.1) is 0 Å². The summed E-state index contributed by atoms with van der Waals surface area (Å²) >= 11 is 0. The second-order valence-corrected chi connectivity index (χ2v) is 9.64. The fourth-order valence-electron chi connectivity index (χ4n) is 5.64. The lowest BCUT2D eigenvalue weighted by Crippen LogP contribution is -2.53. The van der Waals surface area contributed by atoms with Gasteiger partial charge in [0.05, 0.1) is 18.8 Å². The predicted octanol–water partition coefficient (Wildman–Crippen LogP) is 3.65. The number of piperidine rings is 1. The summed E-state index contributed by atoms with van der Waals surface area (Å²) in [5.41, 5.74) is 1.94. The van der Waals surface area contributed by atoms with E-state index in [9.17, 15) is 9.59 Å². The Balaban J connectivity index is 1.39. The zero-order valence-electron chi connectivity index (χ0n) is 19.2. The van der Waals surface area contributed by atoms with Gasteiger partial charge in [-0.2, -0.15) is 0 Å². The summed E-state index contributed by atoms with van der Waals surface area (Å²) in [7, 11) is 0. The number of fused-ring (bicyclic) bond motifs is 5. The summed E-state index contributed by atoms with van der Waals surface area (Å²) < 4.78 is 18.1. The molecule has 3 fully saturated rings. The zero-order valence-corrected chi connectivity index (χ0v) is 19.2. The number of benzene rings is 1. The maximum Gasteiger partial charge on any atom is 0.274 e. The van der Waals surface area contributed by atoms with Crippen molar-refractivity contribution in [2.45, 2.75) is 82.0 Å². The normalized spacial score (nSPS) is 32.1. The molecule has 0 spiro atoms. The Hall–Kier alpha value is -2.25. The minimum atomic E-state index is -0.455. The van der Waals surface area contributed by atoms with Crippen LogP contribution in [0.2, 0.25) is 0 Å². The van der Waals surface area contributed by atoms with Gasteiger partial charge in [-0.25, -0.2) is 4.99 Å². The van der Waals surface area contributed by atoms with Crippen molar-refractivity contribution in [2.75, 3.05) is 26.4 Å². The molecule has 6 rings (SSSR count). The first-order valence-corrected chi connectivity index (χ1v) is 12.5. The van der Waals surface area contributed by atoms with E-state index in [1.54, 1.807) is 0 Å². The van der Waals surface area contributed by atoms with E-state index in [1.807, 2.05) is 23.1 Å². The van der Waals surface area contributed by atoms with E-state index in [-0.39, 0.29) is 30.6 Å². The molecule has 2 bridgehead atoms. The van der Waals surface area contributed by atoms with Crippen LogP contribution in [0.4, 0.5) is 0 Å². The molecular weight excluding hydrogens is 420 g/mol. The van der Waals surface area contributed by atoms with Crippen LogP contribution < -0.4 is 4.74 Å². The quantitative estimate of drug-likeness (QED) is 0.647. The molecule has 1 aliphatic carbocycles. The second-order valence-electron chi connectivity index (χ2n) is 9.64. The molecular formula is C26H34N2O5. The lowest BCUT2D eigenvalue weighted by atomic mass is 9.82. The third-order valence-electron chi connectivity index (χ3n) is 7.50. The first kappa shape index (κ1) is 22.5. The first-order valence-electron chi connectivity index (χ1n) is 12.5. The molecule has 33 heavy (non-hydrogen) atoms. The first-order chi connectivity index (χ1) is 16.2. The molecule has 7 heteroatoms. The second kappa shape index (κ2) is 10.3. The van der Waals surface area contributed by atoms with Gasteiger partial charge in [0.25, 0.3) is 11.8 Å². The van der Waals surface area contributed by atoms with Crippen LogP contribution in [-0.2, 0) is 19.1 Å². The minimum Gasteiger partial charge on any atom is -0.483 e. The van der Waals surface area contributed by atoms with Gasteiger partial charge in [-0.1, -0.05) is 18.2 Å². The number of carbonyl (C=O) groups is 2. The molecule has 2 atom stereocenters. The largest absolute Gasteiger partial charge is 0.483 e. The lowest BCUT2D eigenvalue weighted by molar-refractivity contribution is -0.137. The molecule has 0 radical (unpaired) electrons. The highest BCUT2D eigenvalue weighted by Gasteiger charge is 2.35. The van der Waals surface area contributed by atoms with Gasteiger partial charge in [0, 0.05) is 18.9 Å². The number of nitrogens with zero attached hydrogens (tertiary/aromatic N) is 2. The van der Waals surface area contributed by atoms with Crippen LogP contribution in [0.1, 0.15) is 69.3 Å². The van der Waals surface area contributed by atoms with Crippen LogP contribution in [0.3, 0.4) is 0 Å². The van der Waals surface area contributed by atoms with Gasteiger partial charge in [-0.3, -0.25) is 9.59 Å². The summed E-state index contributed by atoms with van der Waals surface area (Å²) in [5.74, 6) is 0.942. The fraction of sp³-hybridized carbons (Fsp3) is 0.654. The standard InChI is InChI=1S/C26H34N2O5/c29-25-17-33-23-8-2-1-6-20(23)18-10-12-19(13-11-18)32-16-22-21(7-5-14-28(22)25)27-26(30)24-9-3-4-15-31-24/h1-2,6,8,18-19,22,24H,3-5,7,9-17H2/t18?,19?,22?,24-/m0/s1. The lowest BCUT2D eigenvalue weighted by Gasteiger charge is -2.37. The third kappa shape index (κ3) is 5.14. The number of aliphatic imine (C=N–C) groups is 1. The smallest absolute Gasteiger partial charge is 0.274 e. The Bertz CT molecular complexity index is 886. The van der Waals surface area contributed by atoms with Crippen LogP contribution in [0.5, 0.6) is 5.75 Å². The topological polar surface area (TPSA) is 77.4 Å². The molecule has 1 aromatic carbocycles. The van der Waals surface area contributed by atoms with Crippen molar-refractivity contribution in [3.63, 3.8) is 0 Å². The van der Waals surface area contributed by atoms with E-state index in [1.165, 1.54) is 5.56 Å². The maximum atomic E-state index is 13.3. The zero-order chi connectivity index (χ0) is 22.6. The highest BCUT2D eigenvalue weighted by Crippen LogP contribution is 2.38. The van der Waals surface area contributed by atoms with Crippen LogP contribution in [0.25, 0.3) is 0 Å². The van der Waals surface area contributed by atoms with Gasteiger partial charge in [0.1, 0.15) is 11.9 Å². The Morgan fingerprint density at radius 1 is 1.00 bits per heavy atom. The number of hydrogen-bond donors (Lipinski definition) is 0. The number of rotatable bonds is 1. The van der Waals surface area contributed by atoms with E-state index in [0.717, 1.165) is 62.8 Å². The van der Waals surface area contributed by atoms with E-state index in [4.69, 9.17) is 14.2 Å². The highest BCUT2D eigenvalue weighted by atomic mass is 16.5. The number of amides is 2. The van der Waals surface area contributed by atoms with Gasteiger partial charge in [-0.05, 0) is 75.3 Å². The molecule has 1 saturated carbocycles. The summed E-state index contributed by atoms with van der Waals surface area (Å²) in [4.78, 5) is 32.4. The van der Waals surface area contributed by atoms with Gasteiger partial charge < -0.3 is 19.1 Å². The van der Waals surface area contributed by atoms with Crippen molar-refractivity contribution >= 4 is 17.5 Å². The van der Waals surface area contributed by atoms with Crippen molar-refractivity contribution in [2.24, 2.45) is 4.99 Å². The molecule has 1 unspecified atom stereocenters. The summed E-state index contributed by atoms with van der Waals surface area (Å²) in [6.07, 6.45) is 7.96. The molecule has 0 N–H and O–H groups in total. The molecule has 2 saturated heterocycles. The summed E-state index contributed by atoms with van der Waals surface area (Å²) in [6, 6.07) is 7.77. The SMILES string of the molecule is O=C(N=C1CCCN2C(=O)COc3ccccc3C3CCC(CC3)OCC12)[C@@H]1CCCCO1. The van der Waals surface area contributed by atoms with Crippen molar-refractivity contribution < 1.29 is 23.8 Å². The molecule has 1 aromatic rings. The predicted molar refractivity (Wildman–Crippen MR) is 124 cm³/mol. The van der Waals surface area contributed by atoms with Crippen molar-refractivity contribution in [1.82, 2.24) is 4.90 Å². The average Bonchev–Trinajstić information content (AvgIpc) is 2.88. The minimum absolute atomic E-state index is 0.0172. The molecule has 4 heterocycles. The van der Waals surface area contributed by atoms with E-state index >= 15 is 0 Å². The van der Waals surface area contributed by atoms with Crippen LogP contribution >= 0.6 is 0 Å². The number of ether oxygens (including phenoxy) is 3. The maximum absolute atomic E-state index is 13.3. The number of para-hydroxylation sites is 1. The van der Waals surface area contributed by atoms with Gasteiger partial charge >= 0.3 is 0 Å². The molecule has 7 nitrogen and oxygen atoms in total. The van der Waals surface area contributed by atoms with Gasteiger partial charge in [0.2, 0.25) is 0 Å². The molecule has 0 aromatic heterocycles. The summed E-state index contributed by atoms with van der Waals surface area (Å²) in [5, 5.41) is 0. The molecule has 178 valence electrons. The average molecular weight is 455 g/mol. The monoisotopic (exact) mass is 454 g/mol. The van der Waals surface area contributed by atoms with Crippen molar-refractivity contribution in [3.8, 4) is 5.75 Å². The molecule has 4 aliphatic heterocycles. The fourth-order valence-corrected chi connectivity index (χ4v) is 5.64. The number of hydrogen-bond acceptors (Lipinski definition) is 5. The Kier molecular flexibility index (Phi) is 7.07. The van der Waals surface area contributed by atoms with Crippen molar-refractivity contribution in [1.29, 1.82) is 0 Å². The van der Waals surface area contributed by atoms with Crippen molar-refractivity contribution in [3.05, 3.63) is 29.8 Å². The van der Waals surface area contributed by atoms with Gasteiger partial charge in [-0.15, -0.1) is 0 Å². The Labute approximate surface area is 195 Å². The Morgan fingerprint density at radius 2 is 1.85 bits per heavy atom.